The summed E-state index contributed by atoms with van der Waals surface area (Å²) in [6.45, 7) is 1.31. The molecule has 3 heteroatoms. The molecule has 45 valence electrons. The smallest absolute Gasteiger partial charge is 0.119 e. The predicted molar refractivity (Wildman–Crippen MR) is 29.4 cm³/mol. The molecular formula is C6H5N2O. The van der Waals surface area contributed by atoms with Crippen molar-refractivity contribution in [3.8, 4) is 0 Å². The molecule has 1 aliphatic rings. The number of nitrogens with zero attached hydrogens (tertiary/aromatic N) is 2. The van der Waals surface area contributed by atoms with Crippen molar-refractivity contribution in [1.29, 1.82) is 0 Å². The summed E-state index contributed by atoms with van der Waals surface area (Å²) in [5.74, 6) is 0. The van der Waals surface area contributed by atoms with E-state index in [0.29, 0.717) is 13.2 Å². The van der Waals surface area contributed by atoms with Gasteiger partial charge in [0.1, 0.15) is 6.20 Å². The fraction of sp³-hybridized carbons (Fsp3) is 0.333. The zero-order valence-electron chi connectivity index (χ0n) is 4.79. The molecule has 0 saturated carbocycles. The van der Waals surface area contributed by atoms with E-state index in [1.807, 2.05) is 0 Å². The average molecular weight is 121 g/mol. The summed E-state index contributed by atoms with van der Waals surface area (Å²) in [6, 6.07) is 0. The zero-order chi connectivity index (χ0) is 6.10. The third-order valence-corrected chi connectivity index (χ3v) is 1.35. The Labute approximate surface area is 52.7 Å². The Morgan fingerprint density at radius 3 is 3.44 bits per heavy atom. The van der Waals surface area contributed by atoms with Crippen LogP contribution < -0.4 is 0 Å². The first kappa shape index (κ1) is 4.88. The molecule has 0 atom stereocenters. The molecule has 0 bridgehead atoms. The molecule has 1 aromatic rings. The van der Waals surface area contributed by atoms with Crippen LogP contribution in [-0.4, -0.2) is 10.2 Å². The first-order chi connectivity index (χ1) is 4.47. The lowest BCUT2D eigenvalue weighted by atomic mass is 10.2. The largest absolute Gasteiger partial charge is 0.372 e. The standard InChI is InChI=1S/C6H5N2O/c1-5-3-9-4-6(5)2-8-7-1/h1H,3-4H2. The highest BCUT2D eigenvalue weighted by atomic mass is 16.5. The lowest BCUT2D eigenvalue weighted by molar-refractivity contribution is 0.134. The van der Waals surface area contributed by atoms with E-state index in [1.165, 1.54) is 0 Å². The minimum absolute atomic E-state index is 0.644. The fourth-order valence-corrected chi connectivity index (χ4v) is 0.850. The van der Waals surface area contributed by atoms with Gasteiger partial charge in [0.2, 0.25) is 0 Å². The lowest BCUT2D eigenvalue weighted by Crippen LogP contribution is -1.86. The third-order valence-electron chi connectivity index (χ3n) is 1.35. The summed E-state index contributed by atoms with van der Waals surface area (Å²) in [5, 5.41) is 7.27. The minimum Gasteiger partial charge on any atom is -0.372 e. The highest BCUT2D eigenvalue weighted by Crippen LogP contribution is 2.15. The SMILES string of the molecule is [c]1nncc2c1COC2. The van der Waals surface area contributed by atoms with E-state index in [0.717, 1.165) is 11.1 Å². The van der Waals surface area contributed by atoms with Gasteiger partial charge in [-0.3, -0.25) is 0 Å². The van der Waals surface area contributed by atoms with Crippen LogP contribution in [0, 0.1) is 6.20 Å². The molecule has 2 rings (SSSR count). The van der Waals surface area contributed by atoms with E-state index >= 15 is 0 Å². The van der Waals surface area contributed by atoms with Gasteiger partial charge in [0.05, 0.1) is 19.4 Å². The molecule has 2 heterocycles. The van der Waals surface area contributed by atoms with Gasteiger partial charge in [0.15, 0.2) is 0 Å². The van der Waals surface area contributed by atoms with Gasteiger partial charge in [-0.2, -0.15) is 5.10 Å². The van der Waals surface area contributed by atoms with E-state index in [9.17, 15) is 0 Å². The quantitative estimate of drug-likeness (QED) is 0.495. The Bertz CT molecular complexity index is 201. The van der Waals surface area contributed by atoms with Gasteiger partial charge >= 0.3 is 0 Å². The van der Waals surface area contributed by atoms with Gasteiger partial charge in [0, 0.05) is 11.1 Å². The summed E-state index contributed by atoms with van der Waals surface area (Å²) in [4.78, 5) is 0. The molecule has 0 aromatic carbocycles. The molecule has 1 radical (unpaired) electrons. The maximum atomic E-state index is 5.10. The Morgan fingerprint density at radius 1 is 1.56 bits per heavy atom. The first-order valence-corrected chi connectivity index (χ1v) is 2.75. The molecule has 0 amide bonds. The van der Waals surface area contributed by atoms with Crippen LogP contribution in [0.1, 0.15) is 11.1 Å². The maximum absolute atomic E-state index is 5.10. The molecule has 1 aromatic heterocycles. The molecular weight excluding hydrogens is 116 g/mol. The van der Waals surface area contributed by atoms with E-state index < -0.39 is 0 Å². The third kappa shape index (κ3) is 0.695. The summed E-state index contributed by atoms with van der Waals surface area (Å²) in [7, 11) is 0. The maximum Gasteiger partial charge on any atom is 0.119 e. The highest BCUT2D eigenvalue weighted by molar-refractivity contribution is 5.20. The number of ether oxygens (including phenoxy) is 1. The Hall–Kier alpha value is -0.960. The first-order valence-electron chi connectivity index (χ1n) is 2.75. The van der Waals surface area contributed by atoms with Crippen LogP contribution in [0.15, 0.2) is 6.20 Å². The number of rotatable bonds is 0. The van der Waals surface area contributed by atoms with Crippen molar-refractivity contribution in [2.45, 2.75) is 13.2 Å². The number of hydrogen-bond acceptors (Lipinski definition) is 3. The van der Waals surface area contributed by atoms with Crippen molar-refractivity contribution in [1.82, 2.24) is 10.2 Å². The lowest BCUT2D eigenvalue weighted by Gasteiger charge is -1.87. The molecule has 9 heavy (non-hydrogen) atoms. The minimum atomic E-state index is 0.644. The molecule has 0 unspecified atom stereocenters. The molecule has 0 saturated heterocycles. The van der Waals surface area contributed by atoms with Crippen LogP contribution in [0.2, 0.25) is 0 Å². The second-order valence-electron chi connectivity index (χ2n) is 1.95. The molecule has 0 fully saturated rings. The summed E-state index contributed by atoms with van der Waals surface area (Å²) in [6.07, 6.45) is 4.48. The number of hydrogen-bond donors (Lipinski definition) is 0. The van der Waals surface area contributed by atoms with E-state index in [-0.39, 0.29) is 0 Å². The van der Waals surface area contributed by atoms with Crippen LogP contribution in [0.3, 0.4) is 0 Å². The highest BCUT2D eigenvalue weighted by Gasteiger charge is 2.10. The molecule has 1 aliphatic heterocycles. The van der Waals surface area contributed by atoms with Gasteiger partial charge in [-0.15, -0.1) is 5.10 Å². The van der Waals surface area contributed by atoms with E-state index in [1.54, 1.807) is 6.20 Å². The van der Waals surface area contributed by atoms with Crippen LogP contribution in [0.4, 0.5) is 0 Å². The van der Waals surface area contributed by atoms with Crippen molar-refractivity contribution in [2.24, 2.45) is 0 Å². The van der Waals surface area contributed by atoms with Crippen molar-refractivity contribution < 1.29 is 4.74 Å². The molecule has 0 N–H and O–H groups in total. The van der Waals surface area contributed by atoms with E-state index in [4.69, 9.17) is 4.74 Å². The van der Waals surface area contributed by atoms with Gasteiger partial charge in [-0.1, -0.05) is 0 Å². The molecule has 3 nitrogen and oxygen atoms in total. The Kier molecular flexibility index (Phi) is 0.960. The van der Waals surface area contributed by atoms with Crippen molar-refractivity contribution in [3.63, 3.8) is 0 Å². The van der Waals surface area contributed by atoms with Crippen molar-refractivity contribution >= 4 is 0 Å². The van der Waals surface area contributed by atoms with Gasteiger partial charge in [-0.05, 0) is 0 Å². The van der Waals surface area contributed by atoms with Crippen LogP contribution in [0.5, 0.6) is 0 Å². The monoisotopic (exact) mass is 121 g/mol. The molecule has 0 aliphatic carbocycles. The van der Waals surface area contributed by atoms with Gasteiger partial charge in [0.25, 0.3) is 0 Å². The molecule has 0 spiro atoms. The van der Waals surface area contributed by atoms with Crippen molar-refractivity contribution in [2.75, 3.05) is 0 Å². The fourth-order valence-electron chi connectivity index (χ4n) is 0.850. The predicted octanol–water partition coefficient (Wildman–Crippen LogP) is 0.307. The van der Waals surface area contributed by atoms with Crippen LogP contribution >= 0.6 is 0 Å². The summed E-state index contributed by atoms with van der Waals surface area (Å²) in [5.41, 5.74) is 2.16. The van der Waals surface area contributed by atoms with Gasteiger partial charge in [-0.25, -0.2) is 0 Å². The summed E-state index contributed by atoms with van der Waals surface area (Å²) < 4.78 is 5.10. The number of fused-ring (bicyclic) bond motifs is 1. The average Bonchev–Trinajstić information content (AvgIpc) is 2.33. The Morgan fingerprint density at radius 2 is 2.56 bits per heavy atom. The van der Waals surface area contributed by atoms with Crippen LogP contribution in [0.25, 0.3) is 0 Å². The second-order valence-corrected chi connectivity index (χ2v) is 1.95. The van der Waals surface area contributed by atoms with Crippen LogP contribution in [-0.2, 0) is 18.0 Å². The Balaban J connectivity index is 2.54. The topological polar surface area (TPSA) is 35.0 Å². The second kappa shape index (κ2) is 1.77. The normalized spacial score (nSPS) is 15.6. The van der Waals surface area contributed by atoms with E-state index in [2.05, 4.69) is 16.4 Å². The van der Waals surface area contributed by atoms with Gasteiger partial charge < -0.3 is 4.74 Å². The summed E-state index contributed by atoms with van der Waals surface area (Å²) >= 11 is 0. The number of aromatic nitrogens is 2. The van der Waals surface area contributed by atoms with Crippen molar-refractivity contribution in [3.05, 3.63) is 23.5 Å². The zero-order valence-corrected chi connectivity index (χ0v) is 4.79.